The molecule has 0 amide bonds. The molecule has 9 heteroatoms. The van der Waals surface area contributed by atoms with Gasteiger partial charge in [0.1, 0.15) is 6.33 Å². The van der Waals surface area contributed by atoms with Crippen LogP contribution in [0.25, 0.3) is 16.7 Å². The maximum Gasteiger partial charge on any atom is 0.337 e. The average molecular weight is 456 g/mol. The van der Waals surface area contributed by atoms with Crippen molar-refractivity contribution in [2.75, 3.05) is 21.2 Å². The molecule has 0 spiro atoms. The molecule has 1 unspecified atom stereocenters. The van der Waals surface area contributed by atoms with Gasteiger partial charge in [-0.3, -0.25) is 14.1 Å². The van der Waals surface area contributed by atoms with Gasteiger partial charge >= 0.3 is 5.97 Å². The van der Waals surface area contributed by atoms with E-state index in [9.17, 15) is 9.59 Å². The molecule has 0 aliphatic heterocycles. The van der Waals surface area contributed by atoms with Gasteiger partial charge in [-0.25, -0.2) is 9.36 Å². The lowest BCUT2D eigenvalue weighted by Crippen LogP contribution is -2.48. The molecule has 0 saturated carbocycles. The fourth-order valence-corrected chi connectivity index (χ4v) is 4.00. The van der Waals surface area contributed by atoms with E-state index in [0.717, 1.165) is 11.1 Å². The first kappa shape index (κ1) is 19.3. The summed E-state index contributed by atoms with van der Waals surface area (Å²) in [6, 6.07) is 14.2. The van der Waals surface area contributed by atoms with Crippen LogP contribution in [0.15, 0.2) is 59.7 Å². The Morgan fingerprint density at radius 3 is 2.48 bits per heavy atom. The summed E-state index contributed by atoms with van der Waals surface area (Å²) in [6.07, 6.45) is 1.58. The van der Waals surface area contributed by atoms with Crippen LogP contribution in [0.5, 0.6) is 0 Å². The Kier molecular flexibility index (Phi) is 4.71. The summed E-state index contributed by atoms with van der Waals surface area (Å²) < 4.78 is 7.03. The molecule has 0 aliphatic rings. The lowest BCUT2D eigenvalue weighted by Gasteiger charge is -2.36. The summed E-state index contributed by atoms with van der Waals surface area (Å²) >= 11 is 3.78. The lowest BCUT2D eigenvalue weighted by molar-refractivity contribution is 0.0600. The van der Waals surface area contributed by atoms with Gasteiger partial charge in [0.2, 0.25) is 5.78 Å². The number of nitrogens with zero attached hydrogens (tertiary/aromatic N) is 5. The van der Waals surface area contributed by atoms with Crippen LogP contribution in [0.2, 0.25) is 0 Å². The second-order valence-corrected chi connectivity index (χ2v) is 7.81. The first-order valence-corrected chi connectivity index (χ1v) is 9.58. The Hall–Kier alpha value is -3.04. The maximum atomic E-state index is 13.5. The highest BCUT2D eigenvalue weighted by molar-refractivity contribution is 9.09. The fourth-order valence-electron chi connectivity index (χ4n) is 3.42. The molecule has 2 aromatic heterocycles. The summed E-state index contributed by atoms with van der Waals surface area (Å²) in [7, 11) is 5.02. The zero-order valence-corrected chi connectivity index (χ0v) is 17.6. The van der Waals surface area contributed by atoms with Gasteiger partial charge in [-0.2, -0.15) is 0 Å². The van der Waals surface area contributed by atoms with Crippen LogP contribution in [0, 0.1) is 0 Å². The van der Waals surface area contributed by atoms with E-state index >= 15 is 0 Å². The summed E-state index contributed by atoms with van der Waals surface area (Å²) in [6.45, 7) is 0. The van der Waals surface area contributed by atoms with Crippen LogP contribution in [0.3, 0.4) is 0 Å². The number of esters is 1. The Balaban J connectivity index is 2.04. The van der Waals surface area contributed by atoms with Gasteiger partial charge in [0, 0.05) is 5.56 Å². The summed E-state index contributed by atoms with van der Waals surface area (Å²) in [5, 5.41) is 8.77. The molecule has 4 rings (SSSR count). The minimum absolute atomic E-state index is 0.219. The molecule has 0 N–H and O–H groups in total. The molecule has 0 saturated heterocycles. The number of benzene rings is 2. The normalized spacial score (nSPS) is 13.7. The minimum atomic E-state index is -1.07. The second-order valence-electron chi connectivity index (χ2n) is 6.71. The van der Waals surface area contributed by atoms with Crippen LogP contribution in [0.1, 0.15) is 15.9 Å². The number of hydrogen-bond donors (Lipinski definition) is 0. The van der Waals surface area contributed by atoms with E-state index in [1.165, 1.54) is 7.11 Å². The number of rotatable bonds is 4. The zero-order chi connectivity index (χ0) is 20.8. The number of ether oxygens (including phenoxy) is 1. The molecular weight excluding hydrogens is 438 g/mol. The number of carbonyl (C=O) groups excluding carboxylic acids is 1. The van der Waals surface area contributed by atoms with E-state index < -0.39 is 10.5 Å². The van der Waals surface area contributed by atoms with E-state index in [1.807, 2.05) is 37.2 Å². The van der Waals surface area contributed by atoms with Crippen molar-refractivity contribution >= 4 is 38.6 Å². The highest BCUT2D eigenvalue weighted by atomic mass is 79.9. The van der Waals surface area contributed by atoms with E-state index in [-0.39, 0.29) is 5.56 Å². The number of para-hydroxylation sites is 1. The molecule has 1 atom stereocenters. The molecule has 0 radical (unpaired) electrons. The SMILES string of the molecule is COC(=O)c1ccc(C(Br)(N(C)C)n2c(=O)c3ccccc3n3cnnc23)cc1. The fraction of sp³-hybridized carbons (Fsp3) is 0.200. The average Bonchev–Trinajstić information content (AvgIpc) is 3.22. The number of alkyl halides is 1. The van der Waals surface area contributed by atoms with Crippen LogP contribution < -0.4 is 5.56 Å². The smallest absolute Gasteiger partial charge is 0.337 e. The third-order valence-electron chi connectivity index (χ3n) is 4.89. The summed E-state index contributed by atoms with van der Waals surface area (Å²) in [5.41, 5.74) is 1.66. The number of carbonyl (C=O) groups is 1. The molecule has 8 nitrogen and oxygen atoms in total. The largest absolute Gasteiger partial charge is 0.465 e. The number of hydrogen-bond acceptors (Lipinski definition) is 6. The van der Waals surface area contributed by atoms with E-state index in [2.05, 4.69) is 26.1 Å². The van der Waals surface area contributed by atoms with Crippen molar-refractivity contribution in [1.29, 1.82) is 0 Å². The molecule has 4 aromatic rings. The van der Waals surface area contributed by atoms with Crippen LogP contribution in [-0.2, 0) is 9.31 Å². The molecule has 0 bridgehead atoms. The lowest BCUT2D eigenvalue weighted by atomic mass is 10.1. The quantitative estimate of drug-likeness (QED) is 0.267. The molecule has 29 heavy (non-hydrogen) atoms. The molecule has 0 aliphatic carbocycles. The standard InChI is InChI=1S/C20H18BrN5O3/c1-24(2)20(21,14-10-8-13(9-11-14)18(28)29-3)26-17(27)15-6-4-5-7-16(15)25-12-22-23-19(25)26/h4-12H,1-3H3. The van der Waals surface area contributed by atoms with Gasteiger partial charge in [0.15, 0.2) is 4.57 Å². The van der Waals surface area contributed by atoms with Gasteiger partial charge in [-0.1, -0.05) is 24.3 Å². The summed E-state index contributed by atoms with van der Waals surface area (Å²) in [4.78, 5) is 27.2. The van der Waals surface area contributed by atoms with Crippen LogP contribution in [0.4, 0.5) is 0 Å². The van der Waals surface area contributed by atoms with E-state index in [4.69, 9.17) is 4.74 Å². The second kappa shape index (κ2) is 7.09. The Bertz CT molecular complexity index is 1280. The highest BCUT2D eigenvalue weighted by Gasteiger charge is 2.38. The van der Waals surface area contributed by atoms with Crippen molar-refractivity contribution in [3.8, 4) is 0 Å². The van der Waals surface area contributed by atoms with Gasteiger partial charge in [0.25, 0.3) is 5.56 Å². The number of fused-ring (bicyclic) bond motifs is 3. The molecule has 2 aromatic carbocycles. The minimum Gasteiger partial charge on any atom is -0.465 e. The van der Waals surface area contributed by atoms with Crippen molar-refractivity contribution < 1.29 is 9.53 Å². The van der Waals surface area contributed by atoms with Crippen molar-refractivity contribution in [3.63, 3.8) is 0 Å². The molecule has 148 valence electrons. The van der Waals surface area contributed by atoms with Gasteiger partial charge in [0.05, 0.1) is 23.6 Å². The predicted octanol–water partition coefficient (Wildman–Crippen LogP) is 2.45. The molecule has 2 heterocycles. The topological polar surface area (TPSA) is 81.7 Å². The third kappa shape index (κ3) is 2.85. The van der Waals surface area contributed by atoms with Crippen molar-refractivity contribution in [3.05, 3.63) is 76.3 Å². The van der Waals surface area contributed by atoms with Gasteiger partial charge in [-0.15, -0.1) is 10.2 Å². The number of aromatic nitrogens is 4. The van der Waals surface area contributed by atoms with Crippen LogP contribution >= 0.6 is 15.9 Å². The highest BCUT2D eigenvalue weighted by Crippen LogP contribution is 2.36. The Labute approximate surface area is 174 Å². The summed E-state index contributed by atoms with van der Waals surface area (Å²) in [5.74, 6) is -0.0411. The first-order valence-electron chi connectivity index (χ1n) is 8.78. The van der Waals surface area contributed by atoms with E-state index in [1.54, 1.807) is 45.6 Å². The predicted molar refractivity (Wildman–Crippen MR) is 112 cm³/mol. The number of methoxy groups -OCH3 is 1. The van der Waals surface area contributed by atoms with E-state index in [0.29, 0.717) is 16.7 Å². The molecule has 0 fully saturated rings. The maximum absolute atomic E-state index is 13.5. The van der Waals surface area contributed by atoms with Crippen molar-refractivity contribution in [1.82, 2.24) is 24.1 Å². The van der Waals surface area contributed by atoms with Crippen LogP contribution in [-0.4, -0.2) is 51.2 Å². The van der Waals surface area contributed by atoms with Gasteiger partial charge < -0.3 is 4.74 Å². The number of halogens is 1. The Morgan fingerprint density at radius 1 is 1.14 bits per heavy atom. The first-order chi connectivity index (χ1) is 13.9. The molecular formula is C20H18BrN5O3. The monoisotopic (exact) mass is 455 g/mol. The van der Waals surface area contributed by atoms with Gasteiger partial charge in [-0.05, 0) is 54.3 Å². The zero-order valence-electron chi connectivity index (χ0n) is 16.0. The third-order valence-corrected chi connectivity index (χ3v) is 6.41. The van der Waals surface area contributed by atoms with Crippen molar-refractivity contribution in [2.45, 2.75) is 4.57 Å². The van der Waals surface area contributed by atoms with Crippen molar-refractivity contribution in [2.24, 2.45) is 0 Å². The Morgan fingerprint density at radius 2 is 1.83 bits per heavy atom.